The second-order valence-electron chi connectivity index (χ2n) is 5.13. The van der Waals surface area contributed by atoms with Gasteiger partial charge in [0, 0.05) is 29.2 Å². The Morgan fingerprint density at radius 1 is 1.24 bits per heavy atom. The van der Waals surface area contributed by atoms with Crippen molar-refractivity contribution in [2.45, 2.75) is 26.4 Å². The summed E-state index contributed by atoms with van der Waals surface area (Å²) in [4.78, 5) is 0. The summed E-state index contributed by atoms with van der Waals surface area (Å²) in [5.41, 5.74) is 3.16. The number of rotatable bonds is 5. The van der Waals surface area contributed by atoms with Crippen molar-refractivity contribution < 1.29 is 9.84 Å². The summed E-state index contributed by atoms with van der Waals surface area (Å²) in [6.07, 6.45) is 0. The highest BCUT2D eigenvalue weighted by Gasteiger charge is 2.11. The smallest absolute Gasteiger partial charge is 0.162 e. The van der Waals surface area contributed by atoms with Crippen LogP contribution in [0.4, 0.5) is 0 Å². The molecule has 0 aromatic heterocycles. The molecule has 2 aromatic carbocycles. The molecule has 0 amide bonds. The zero-order valence-corrected chi connectivity index (χ0v) is 13.2. The van der Waals surface area contributed by atoms with Gasteiger partial charge >= 0.3 is 0 Å². The molecular weight excluding hydrogens is 286 g/mol. The van der Waals surface area contributed by atoms with Crippen molar-refractivity contribution in [1.29, 1.82) is 0 Å². The van der Waals surface area contributed by atoms with E-state index >= 15 is 0 Å². The average Bonchev–Trinajstić information content (AvgIpc) is 2.48. The molecule has 0 aliphatic rings. The Labute approximate surface area is 130 Å². The maximum absolute atomic E-state index is 10.1. The van der Waals surface area contributed by atoms with Crippen LogP contribution in [0, 0.1) is 6.92 Å². The summed E-state index contributed by atoms with van der Waals surface area (Å²) >= 11 is 6.03. The van der Waals surface area contributed by atoms with Gasteiger partial charge in [-0.05, 0) is 25.5 Å². The molecule has 1 atom stereocenters. The minimum absolute atomic E-state index is 0.130. The van der Waals surface area contributed by atoms with Gasteiger partial charge in [0.1, 0.15) is 0 Å². The van der Waals surface area contributed by atoms with Crippen LogP contribution in [0.5, 0.6) is 11.5 Å². The van der Waals surface area contributed by atoms with Gasteiger partial charge in [0.25, 0.3) is 0 Å². The lowest BCUT2D eigenvalue weighted by atomic mass is 10.1. The van der Waals surface area contributed by atoms with Crippen molar-refractivity contribution in [2.75, 3.05) is 7.11 Å². The number of benzene rings is 2. The fourth-order valence-electron chi connectivity index (χ4n) is 2.15. The van der Waals surface area contributed by atoms with Gasteiger partial charge in [-0.25, -0.2) is 0 Å². The van der Waals surface area contributed by atoms with Crippen molar-refractivity contribution in [2.24, 2.45) is 0 Å². The third kappa shape index (κ3) is 3.90. The molecule has 0 aliphatic carbocycles. The van der Waals surface area contributed by atoms with E-state index in [9.17, 15) is 5.11 Å². The van der Waals surface area contributed by atoms with Gasteiger partial charge in [-0.3, -0.25) is 0 Å². The maximum Gasteiger partial charge on any atom is 0.162 e. The fraction of sp³-hybridized carbons (Fsp3) is 0.294. The van der Waals surface area contributed by atoms with E-state index in [4.69, 9.17) is 16.3 Å². The highest BCUT2D eigenvalue weighted by Crippen LogP contribution is 2.33. The molecule has 0 radical (unpaired) electrons. The first kappa shape index (κ1) is 15.7. The van der Waals surface area contributed by atoms with E-state index < -0.39 is 0 Å². The first-order valence-corrected chi connectivity index (χ1v) is 7.24. The average molecular weight is 306 g/mol. The van der Waals surface area contributed by atoms with E-state index in [-0.39, 0.29) is 11.8 Å². The third-order valence-corrected chi connectivity index (χ3v) is 3.73. The number of methoxy groups -OCH3 is 1. The Morgan fingerprint density at radius 2 is 1.90 bits per heavy atom. The van der Waals surface area contributed by atoms with E-state index in [1.54, 1.807) is 12.1 Å². The molecule has 1 unspecified atom stereocenters. The lowest BCUT2D eigenvalue weighted by Gasteiger charge is -2.16. The number of hydrogen-bond donors (Lipinski definition) is 2. The van der Waals surface area contributed by atoms with Gasteiger partial charge in [0.15, 0.2) is 11.5 Å². The topological polar surface area (TPSA) is 41.5 Å². The molecule has 0 saturated heterocycles. The van der Waals surface area contributed by atoms with Crippen molar-refractivity contribution in [3.05, 3.63) is 58.1 Å². The second-order valence-corrected chi connectivity index (χ2v) is 5.57. The van der Waals surface area contributed by atoms with E-state index in [1.165, 1.54) is 18.2 Å². The van der Waals surface area contributed by atoms with Gasteiger partial charge in [0.2, 0.25) is 0 Å². The van der Waals surface area contributed by atoms with E-state index in [0.29, 0.717) is 17.3 Å². The van der Waals surface area contributed by atoms with Crippen molar-refractivity contribution in [3.8, 4) is 11.5 Å². The van der Waals surface area contributed by atoms with Gasteiger partial charge in [0.05, 0.1) is 7.11 Å². The van der Waals surface area contributed by atoms with Gasteiger partial charge in [-0.1, -0.05) is 41.4 Å². The molecule has 2 rings (SSSR count). The maximum atomic E-state index is 10.1. The molecule has 0 saturated carbocycles. The molecule has 2 N–H and O–H groups in total. The molecule has 0 spiro atoms. The number of ether oxygens (including phenoxy) is 1. The lowest BCUT2D eigenvalue weighted by molar-refractivity contribution is 0.369. The lowest BCUT2D eigenvalue weighted by Crippen LogP contribution is -2.18. The molecule has 2 aromatic rings. The molecule has 3 nitrogen and oxygen atoms in total. The number of halogens is 1. The standard InChI is InChI=1S/C17H20ClNO2/c1-11-4-6-13(7-5-11)12(2)19-10-14-8-15(18)9-16(21-3)17(14)20/h4-9,12,19-20H,10H2,1-3H3. The summed E-state index contributed by atoms with van der Waals surface area (Å²) in [5, 5.41) is 14.0. The van der Waals surface area contributed by atoms with E-state index in [2.05, 4.69) is 43.4 Å². The van der Waals surface area contributed by atoms with Gasteiger partial charge in [-0.2, -0.15) is 0 Å². The van der Waals surface area contributed by atoms with Crippen molar-refractivity contribution >= 4 is 11.6 Å². The number of phenolic OH excluding ortho intramolecular Hbond substituents is 1. The highest BCUT2D eigenvalue weighted by atomic mass is 35.5. The molecular formula is C17H20ClNO2. The van der Waals surface area contributed by atoms with Crippen LogP contribution < -0.4 is 10.1 Å². The molecule has 112 valence electrons. The summed E-state index contributed by atoms with van der Waals surface area (Å²) in [6.45, 7) is 4.67. The van der Waals surface area contributed by atoms with Crippen LogP contribution in [0.25, 0.3) is 0 Å². The molecule has 0 bridgehead atoms. The summed E-state index contributed by atoms with van der Waals surface area (Å²) in [5.74, 6) is 0.521. The Morgan fingerprint density at radius 3 is 2.52 bits per heavy atom. The predicted molar refractivity (Wildman–Crippen MR) is 86.1 cm³/mol. The Hall–Kier alpha value is -1.71. The van der Waals surface area contributed by atoms with Crippen molar-refractivity contribution in [3.63, 3.8) is 0 Å². The van der Waals surface area contributed by atoms with Crippen molar-refractivity contribution in [1.82, 2.24) is 5.32 Å². The minimum atomic E-state index is 0.130. The minimum Gasteiger partial charge on any atom is -0.504 e. The Kier molecular flexibility index (Phi) is 5.10. The highest BCUT2D eigenvalue weighted by molar-refractivity contribution is 6.30. The quantitative estimate of drug-likeness (QED) is 0.869. The van der Waals surface area contributed by atoms with Crippen LogP contribution in [0.3, 0.4) is 0 Å². The summed E-state index contributed by atoms with van der Waals surface area (Å²) in [7, 11) is 1.51. The predicted octanol–water partition coefficient (Wildman–Crippen LogP) is 4.21. The molecule has 0 heterocycles. The largest absolute Gasteiger partial charge is 0.504 e. The van der Waals surface area contributed by atoms with Crippen LogP contribution in [-0.2, 0) is 6.54 Å². The van der Waals surface area contributed by atoms with E-state index in [1.807, 2.05) is 0 Å². The SMILES string of the molecule is COc1cc(Cl)cc(CNC(C)c2ccc(C)cc2)c1O. The zero-order chi connectivity index (χ0) is 15.4. The normalized spacial score (nSPS) is 12.2. The summed E-state index contributed by atoms with van der Waals surface area (Å²) in [6, 6.07) is 11.9. The zero-order valence-electron chi connectivity index (χ0n) is 12.5. The van der Waals surface area contributed by atoms with Crippen LogP contribution in [0.1, 0.15) is 29.7 Å². The summed E-state index contributed by atoms with van der Waals surface area (Å²) < 4.78 is 5.11. The molecule has 0 aliphatic heterocycles. The van der Waals surface area contributed by atoms with Crippen LogP contribution in [0.15, 0.2) is 36.4 Å². The first-order valence-electron chi connectivity index (χ1n) is 6.86. The fourth-order valence-corrected chi connectivity index (χ4v) is 2.39. The Bertz CT molecular complexity index is 611. The number of hydrogen-bond acceptors (Lipinski definition) is 3. The number of aromatic hydroxyl groups is 1. The van der Waals surface area contributed by atoms with E-state index in [0.717, 1.165) is 5.56 Å². The van der Waals surface area contributed by atoms with Crippen LogP contribution >= 0.6 is 11.6 Å². The number of nitrogens with one attached hydrogen (secondary N) is 1. The molecule has 21 heavy (non-hydrogen) atoms. The van der Waals surface area contributed by atoms with Gasteiger partial charge < -0.3 is 15.2 Å². The number of aryl methyl sites for hydroxylation is 1. The first-order chi connectivity index (χ1) is 10.0. The second kappa shape index (κ2) is 6.83. The molecule has 4 heteroatoms. The molecule has 0 fully saturated rings. The van der Waals surface area contributed by atoms with Crippen LogP contribution in [-0.4, -0.2) is 12.2 Å². The van der Waals surface area contributed by atoms with Gasteiger partial charge in [-0.15, -0.1) is 0 Å². The Balaban J connectivity index is 2.09. The van der Waals surface area contributed by atoms with Crippen LogP contribution in [0.2, 0.25) is 5.02 Å². The third-order valence-electron chi connectivity index (χ3n) is 3.51. The monoisotopic (exact) mass is 305 g/mol. The number of phenols is 1.